The van der Waals surface area contributed by atoms with Gasteiger partial charge in [0.05, 0.1) is 6.10 Å². The Morgan fingerprint density at radius 3 is 2.30 bits per heavy atom. The zero-order valence-electron chi connectivity index (χ0n) is 13.1. The molecule has 1 unspecified atom stereocenters. The molecule has 0 amide bonds. The van der Waals surface area contributed by atoms with Gasteiger partial charge >= 0.3 is 0 Å². The molecule has 1 N–H and O–H groups in total. The lowest BCUT2D eigenvalue weighted by Crippen LogP contribution is -2.08. The maximum atomic E-state index is 9.96. The van der Waals surface area contributed by atoms with Crippen LogP contribution in [0.4, 0.5) is 0 Å². The summed E-state index contributed by atoms with van der Waals surface area (Å²) in [6.07, 6.45) is 14.9. The highest BCUT2D eigenvalue weighted by Gasteiger charge is 2.04. The van der Waals surface area contributed by atoms with Crippen molar-refractivity contribution in [2.75, 3.05) is 0 Å². The Balaban J connectivity index is 1.91. The van der Waals surface area contributed by atoms with E-state index >= 15 is 0 Å². The summed E-state index contributed by atoms with van der Waals surface area (Å²) in [5.41, 5.74) is 1.09. The monoisotopic (exact) mass is 277 g/mol. The summed E-state index contributed by atoms with van der Waals surface area (Å²) in [4.78, 5) is 4.28. The molecule has 0 radical (unpaired) electrons. The minimum absolute atomic E-state index is 0.155. The third-order valence-electron chi connectivity index (χ3n) is 3.85. The number of unbranched alkanes of at least 4 members (excludes halogenated alkanes) is 7. The van der Waals surface area contributed by atoms with E-state index in [2.05, 4.69) is 11.9 Å². The van der Waals surface area contributed by atoms with E-state index in [4.69, 9.17) is 0 Å². The zero-order valence-corrected chi connectivity index (χ0v) is 13.1. The average Bonchev–Trinajstić information content (AvgIpc) is 2.49. The predicted octanol–water partition coefficient (Wildman–Crippen LogP) is 4.91. The van der Waals surface area contributed by atoms with Gasteiger partial charge in [0.1, 0.15) is 0 Å². The Hall–Kier alpha value is -0.890. The van der Waals surface area contributed by atoms with Gasteiger partial charge in [0.25, 0.3) is 0 Å². The first-order valence-corrected chi connectivity index (χ1v) is 8.41. The predicted molar refractivity (Wildman–Crippen MR) is 85.8 cm³/mol. The third-order valence-corrected chi connectivity index (χ3v) is 3.85. The molecule has 1 heterocycles. The molecule has 1 aromatic heterocycles. The number of aliphatic hydroxyl groups is 1. The van der Waals surface area contributed by atoms with Crippen molar-refractivity contribution in [2.45, 2.75) is 83.7 Å². The van der Waals surface area contributed by atoms with Crippen LogP contribution in [0.2, 0.25) is 0 Å². The Bertz CT molecular complexity index is 312. The summed E-state index contributed by atoms with van der Waals surface area (Å²) in [6.45, 7) is 2.26. The average molecular weight is 277 g/mol. The Kier molecular flexibility index (Phi) is 10.2. The Morgan fingerprint density at radius 2 is 1.65 bits per heavy atom. The highest BCUT2D eigenvalue weighted by atomic mass is 16.3. The van der Waals surface area contributed by atoms with Crippen molar-refractivity contribution < 1.29 is 5.11 Å². The summed E-state index contributed by atoms with van der Waals surface area (Å²) < 4.78 is 0. The van der Waals surface area contributed by atoms with Gasteiger partial charge in [0, 0.05) is 11.9 Å². The van der Waals surface area contributed by atoms with Gasteiger partial charge in [0.15, 0.2) is 0 Å². The summed E-state index contributed by atoms with van der Waals surface area (Å²) in [5, 5.41) is 9.96. The van der Waals surface area contributed by atoms with Gasteiger partial charge < -0.3 is 5.11 Å². The van der Waals surface area contributed by atoms with Gasteiger partial charge in [-0.2, -0.15) is 0 Å². The quantitative estimate of drug-likeness (QED) is 0.551. The molecule has 0 aliphatic carbocycles. The lowest BCUT2D eigenvalue weighted by molar-refractivity contribution is 0.151. The molecule has 2 heteroatoms. The first-order chi connectivity index (χ1) is 9.83. The fourth-order valence-corrected chi connectivity index (χ4v) is 2.52. The second-order valence-electron chi connectivity index (χ2n) is 5.78. The molecule has 0 saturated heterocycles. The molecule has 0 aromatic carbocycles. The van der Waals surface area contributed by atoms with E-state index < -0.39 is 0 Å². The van der Waals surface area contributed by atoms with Crippen LogP contribution in [0, 0.1) is 0 Å². The number of aryl methyl sites for hydroxylation is 1. The van der Waals surface area contributed by atoms with Crippen LogP contribution in [-0.4, -0.2) is 16.2 Å². The number of aromatic nitrogens is 1. The fraction of sp³-hybridized carbons (Fsp3) is 0.722. The van der Waals surface area contributed by atoms with Crippen LogP contribution in [0.15, 0.2) is 24.4 Å². The van der Waals surface area contributed by atoms with Crippen LogP contribution >= 0.6 is 0 Å². The number of hydrogen-bond acceptors (Lipinski definition) is 2. The molecule has 20 heavy (non-hydrogen) atoms. The van der Waals surface area contributed by atoms with Crippen molar-refractivity contribution >= 4 is 0 Å². The molecule has 0 aliphatic rings. The number of rotatable bonds is 12. The highest BCUT2D eigenvalue weighted by Crippen LogP contribution is 2.12. The van der Waals surface area contributed by atoms with Crippen molar-refractivity contribution in [3.05, 3.63) is 30.1 Å². The van der Waals surface area contributed by atoms with Crippen molar-refractivity contribution in [3.8, 4) is 0 Å². The lowest BCUT2D eigenvalue weighted by atomic mass is 10.0. The van der Waals surface area contributed by atoms with Crippen LogP contribution in [0.3, 0.4) is 0 Å². The van der Waals surface area contributed by atoms with E-state index in [1.54, 1.807) is 0 Å². The van der Waals surface area contributed by atoms with Crippen LogP contribution < -0.4 is 0 Å². The van der Waals surface area contributed by atoms with Gasteiger partial charge in [-0.3, -0.25) is 4.98 Å². The number of pyridine rings is 1. The molecule has 0 spiro atoms. The molecule has 0 aliphatic heterocycles. The topological polar surface area (TPSA) is 33.1 Å². The van der Waals surface area contributed by atoms with Crippen LogP contribution in [0.25, 0.3) is 0 Å². The zero-order chi connectivity index (χ0) is 14.5. The van der Waals surface area contributed by atoms with E-state index in [1.165, 1.54) is 44.9 Å². The lowest BCUT2D eigenvalue weighted by Gasteiger charge is -2.10. The van der Waals surface area contributed by atoms with E-state index in [-0.39, 0.29) is 6.10 Å². The smallest absolute Gasteiger partial charge is 0.0544 e. The van der Waals surface area contributed by atoms with Crippen LogP contribution in [0.5, 0.6) is 0 Å². The SMILES string of the molecule is CCCCCCCCCCC(O)CCc1ccccn1. The molecular weight excluding hydrogens is 246 g/mol. The fourth-order valence-electron chi connectivity index (χ4n) is 2.52. The number of nitrogens with zero attached hydrogens (tertiary/aromatic N) is 1. The normalized spacial score (nSPS) is 12.5. The molecule has 0 fully saturated rings. The van der Waals surface area contributed by atoms with Crippen LogP contribution in [0.1, 0.15) is 76.8 Å². The van der Waals surface area contributed by atoms with E-state index in [0.29, 0.717) is 0 Å². The molecule has 114 valence electrons. The number of hydrogen-bond donors (Lipinski definition) is 1. The first-order valence-electron chi connectivity index (χ1n) is 8.41. The molecular formula is C18H31NO. The largest absolute Gasteiger partial charge is 0.393 e. The van der Waals surface area contributed by atoms with Gasteiger partial charge in [-0.15, -0.1) is 0 Å². The van der Waals surface area contributed by atoms with Gasteiger partial charge in [-0.05, 0) is 31.4 Å². The van der Waals surface area contributed by atoms with Crippen molar-refractivity contribution in [3.63, 3.8) is 0 Å². The summed E-state index contributed by atoms with van der Waals surface area (Å²) >= 11 is 0. The first kappa shape index (κ1) is 17.2. The maximum Gasteiger partial charge on any atom is 0.0544 e. The molecule has 1 rings (SSSR count). The minimum atomic E-state index is -0.155. The minimum Gasteiger partial charge on any atom is -0.393 e. The third kappa shape index (κ3) is 9.08. The molecule has 0 saturated carbocycles. The van der Waals surface area contributed by atoms with E-state index in [1.807, 2.05) is 24.4 Å². The van der Waals surface area contributed by atoms with E-state index in [0.717, 1.165) is 31.4 Å². The van der Waals surface area contributed by atoms with Crippen LogP contribution in [-0.2, 0) is 6.42 Å². The molecule has 2 nitrogen and oxygen atoms in total. The highest BCUT2D eigenvalue weighted by molar-refractivity contribution is 5.03. The second-order valence-corrected chi connectivity index (χ2v) is 5.78. The number of aliphatic hydroxyl groups excluding tert-OH is 1. The van der Waals surface area contributed by atoms with Crippen molar-refractivity contribution in [1.82, 2.24) is 4.98 Å². The standard InChI is InChI=1S/C18H31NO/c1-2-3-4-5-6-7-8-9-13-18(20)15-14-17-12-10-11-16-19-17/h10-12,16,18,20H,2-9,13-15H2,1H3. The summed E-state index contributed by atoms with van der Waals surface area (Å²) in [6, 6.07) is 5.97. The summed E-state index contributed by atoms with van der Waals surface area (Å²) in [7, 11) is 0. The van der Waals surface area contributed by atoms with Crippen molar-refractivity contribution in [1.29, 1.82) is 0 Å². The van der Waals surface area contributed by atoms with Gasteiger partial charge in [-0.1, -0.05) is 64.4 Å². The van der Waals surface area contributed by atoms with Gasteiger partial charge in [0.2, 0.25) is 0 Å². The summed E-state index contributed by atoms with van der Waals surface area (Å²) in [5.74, 6) is 0. The molecule has 1 atom stereocenters. The molecule has 1 aromatic rings. The van der Waals surface area contributed by atoms with Gasteiger partial charge in [-0.25, -0.2) is 0 Å². The van der Waals surface area contributed by atoms with E-state index in [9.17, 15) is 5.11 Å². The molecule has 0 bridgehead atoms. The van der Waals surface area contributed by atoms with Crippen molar-refractivity contribution in [2.24, 2.45) is 0 Å². The maximum absolute atomic E-state index is 9.96. The Labute approximate surface area is 124 Å². The second kappa shape index (κ2) is 11.9. The Morgan fingerprint density at radius 1 is 0.950 bits per heavy atom.